The van der Waals surface area contributed by atoms with Gasteiger partial charge in [-0.3, -0.25) is 4.79 Å². The van der Waals surface area contributed by atoms with Crippen LogP contribution >= 0.6 is 12.4 Å². The SMILES string of the molecule is CC(C)NC(=O)Nc1ccc(C(=O)NCC2=CCNCC2)cc1.Cl. The Hall–Kier alpha value is -2.05. The predicted octanol–water partition coefficient (Wildman–Crippen LogP) is 2.29. The van der Waals surface area contributed by atoms with Crippen LogP contribution < -0.4 is 21.3 Å². The van der Waals surface area contributed by atoms with Gasteiger partial charge in [-0.05, 0) is 51.1 Å². The summed E-state index contributed by atoms with van der Waals surface area (Å²) in [5.41, 5.74) is 2.48. The highest BCUT2D eigenvalue weighted by Gasteiger charge is 2.09. The Bertz CT molecular complexity index is 585. The van der Waals surface area contributed by atoms with Crippen molar-refractivity contribution in [3.8, 4) is 0 Å². The van der Waals surface area contributed by atoms with Crippen molar-refractivity contribution in [1.82, 2.24) is 16.0 Å². The van der Waals surface area contributed by atoms with Crippen LogP contribution in [0.1, 0.15) is 30.6 Å². The summed E-state index contributed by atoms with van der Waals surface area (Å²) in [7, 11) is 0. The zero-order valence-electron chi connectivity index (χ0n) is 14.0. The molecule has 3 amide bonds. The van der Waals surface area contributed by atoms with Crippen LogP contribution in [0.3, 0.4) is 0 Å². The van der Waals surface area contributed by atoms with Crippen molar-refractivity contribution in [2.45, 2.75) is 26.3 Å². The van der Waals surface area contributed by atoms with E-state index in [0.717, 1.165) is 19.5 Å². The van der Waals surface area contributed by atoms with E-state index in [-0.39, 0.29) is 30.4 Å². The minimum atomic E-state index is -0.255. The van der Waals surface area contributed by atoms with Crippen LogP contribution in [0.2, 0.25) is 0 Å². The second kappa shape index (κ2) is 9.95. The zero-order chi connectivity index (χ0) is 16.7. The summed E-state index contributed by atoms with van der Waals surface area (Å²) in [4.78, 5) is 23.7. The fraction of sp³-hybridized carbons (Fsp3) is 0.412. The molecule has 1 aromatic carbocycles. The summed E-state index contributed by atoms with van der Waals surface area (Å²) in [5.74, 6) is -0.109. The predicted molar refractivity (Wildman–Crippen MR) is 98.9 cm³/mol. The van der Waals surface area contributed by atoms with E-state index in [1.807, 2.05) is 13.8 Å². The zero-order valence-corrected chi connectivity index (χ0v) is 14.8. The Morgan fingerprint density at radius 1 is 1.21 bits per heavy atom. The minimum absolute atomic E-state index is 0. The molecule has 0 saturated heterocycles. The van der Waals surface area contributed by atoms with Gasteiger partial charge >= 0.3 is 6.03 Å². The van der Waals surface area contributed by atoms with Crippen molar-refractivity contribution in [3.05, 3.63) is 41.5 Å². The first-order valence-electron chi connectivity index (χ1n) is 7.89. The fourth-order valence-electron chi connectivity index (χ4n) is 2.26. The summed E-state index contributed by atoms with van der Waals surface area (Å²) in [6.07, 6.45) is 3.08. The molecule has 1 aliphatic rings. The molecule has 0 aliphatic carbocycles. The molecule has 0 aromatic heterocycles. The number of anilines is 1. The first kappa shape index (κ1) is 20.0. The molecule has 24 heavy (non-hydrogen) atoms. The molecule has 0 atom stereocenters. The monoisotopic (exact) mass is 352 g/mol. The molecule has 0 unspecified atom stereocenters. The van der Waals surface area contributed by atoms with Gasteiger partial charge in [0.25, 0.3) is 5.91 Å². The molecule has 0 spiro atoms. The number of rotatable bonds is 5. The van der Waals surface area contributed by atoms with Gasteiger partial charge in [-0.25, -0.2) is 4.79 Å². The Kier molecular flexibility index (Phi) is 8.29. The molecule has 0 saturated carbocycles. The Morgan fingerprint density at radius 2 is 1.92 bits per heavy atom. The molecule has 0 bridgehead atoms. The van der Waals surface area contributed by atoms with Crippen LogP contribution in [0, 0.1) is 0 Å². The van der Waals surface area contributed by atoms with Crippen molar-refractivity contribution in [3.63, 3.8) is 0 Å². The fourth-order valence-corrected chi connectivity index (χ4v) is 2.26. The number of nitrogens with one attached hydrogen (secondary N) is 4. The third kappa shape index (κ3) is 6.60. The topological polar surface area (TPSA) is 82.3 Å². The van der Waals surface area contributed by atoms with Gasteiger partial charge in [0.1, 0.15) is 0 Å². The standard InChI is InChI=1S/C17H24N4O2.ClH/c1-12(2)20-17(23)21-15-5-3-14(4-6-15)16(22)19-11-13-7-9-18-10-8-13;/h3-7,12,18H,8-11H2,1-2H3,(H,19,22)(H2,20,21,23);1H. The second-order valence-electron chi connectivity index (χ2n) is 5.83. The van der Waals surface area contributed by atoms with Gasteiger partial charge in [0.2, 0.25) is 0 Å². The molecule has 1 aliphatic heterocycles. The first-order valence-corrected chi connectivity index (χ1v) is 7.89. The number of urea groups is 1. The lowest BCUT2D eigenvalue weighted by atomic mass is 10.1. The van der Waals surface area contributed by atoms with E-state index in [2.05, 4.69) is 27.3 Å². The molecular formula is C17H25ClN4O2. The maximum atomic E-state index is 12.1. The third-order valence-corrected chi connectivity index (χ3v) is 3.46. The molecule has 0 radical (unpaired) electrons. The number of hydrogen-bond acceptors (Lipinski definition) is 3. The van der Waals surface area contributed by atoms with E-state index < -0.39 is 0 Å². The van der Waals surface area contributed by atoms with Gasteiger partial charge in [-0.15, -0.1) is 12.4 Å². The highest BCUT2D eigenvalue weighted by molar-refractivity contribution is 5.95. The van der Waals surface area contributed by atoms with Gasteiger partial charge in [0.05, 0.1) is 0 Å². The molecule has 1 heterocycles. The highest BCUT2D eigenvalue weighted by atomic mass is 35.5. The molecular weight excluding hydrogens is 328 g/mol. The minimum Gasteiger partial charge on any atom is -0.348 e. The number of halogens is 1. The number of hydrogen-bond donors (Lipinski definition) is 4. The van der Waals surface area contributed by atoms with Crippen molar-refractivity contribution in [2.24, 2.45) is 0 Å². The van der Waals surface area contributed by atoms with Gasteiger partial charge in [0.15, 0.2) is 0 Å². The van der Waals surface area contributed by atoms with E-state index in [1.165, 1.54) is 5.57 Å². The third-order valence-electron chi connectivity index (χ3n) is 3.46. The lowest BCUT2D eigenvalue weighted by molar-refractivity contribution is 0.0956. The molecule has 6 nitrogen and oxygen atoms in total. The van der Waals surface area contributed by atoms with E-state index in [1.54, 1.807) is 24.3 Å². The molecule has 2 rings (SSSR count). The Balaban J connectivity index is 0.00000288. The lowest BCUT2D eigenvalue weighted by Gasteiger charge is -2.14. The van der Waals surface area contributed by atoms with Crippen LogP contribution in [-0.4, -0.2) is 37.6 Å². The number of benzene rings is 1. The molecule has 0 fully saturated rings. The van der Waals surface area contributed by atoms with Crippen molar-refractivity contribution < 1.29 is 9.59 Å². The largest absolute Gasteiger partial charge is 0.348 e. The normalized spacial score (nSPS) is 13.5. The van der Waals surface area contributed by atoms with E-state index in [0.29, 0.717) is 17.8 Å². The number of carbonyl (C=O) groups is 2. The van der Waals surface area contributed by atoms with Gasteiger partial charge in [-0.1, -0.05) is 11.6 Å². The van der Waals surface area contributed by atoms with E-state index in [9.17, 15) is 9.59 Å². The summed E-state index contributed by atoms with van der Waals surface area (Å²) >= 11 is 0. The van der Waals surface area contributed by atoms with Gasteiger partial charge in [0, 0.05) is 30.4 Å². The van der Waals surface area contributed by atoms with Gasteiger partial charge < -0.3 is 21.3 Å². The molecule has 132 valence electrons. The average molecular weight is 353 g/mol. The number of carbonyl (C=O) groups excluding carboxylic acids is 2. The quantitative estimate of drug-likeness (QED) is 0.614. The van der Waals surface area contributed by atoms with Crippen LogP contribution in [0.15, 0.2) is 35.9 Å². The van der Waals surface area contributed by atoms with Gasteiger partial charge in [-0.2, -0.15) is 0 Å². The second-order valence-corrected chi connectivity index (χ2v) is 5.83. The summed E-state index contributed by atoms with van der Waals surface area (Å²) in [5, 5.41) is 11.6. The summed E-state index contributed by atoms with van der Waals surface area (Å²) in [6, 6.07) is 6.67. The van der Waals surface area contributed by atoms with E-state index in [4.69, 9.17) is 0 Å². The van der Waals surface area contributed by atoms with Crippen LogP contribution in [0.5, 0.6) is 0 Å². The van der Waals surface area contributed by atoms with Crippen LogP contribution in [0.4, 0.5) is 10.5 Å². The smallest absolute Gasteiger partial charge is 0.319 e. The summed E-state index contributed by atoms with van der Waals surface area (Å²) < 4.78 is 0. The molecule has 7 heteroatoms. The van der Waals surface area contributed by atoms with Crippen LogP contribution in [-0.2, 0) is 0 Å². The van der Waals surface area contributed by atoms with Crippen molar-refractivity contribution in [2.75, 3.05) is 25.0 Å². The first-order chi connectivity index (χ1) is 11.0. The highest BCUT2D eigenvalue weighted by Crippen LogP contribution is 2.10. The average Bonchev–Trinajstić information content (AvgIpc) is 2.53. The molecule has 4 N–H and O–H groups in total. The summed E-state index contributed by atoms with van der Waals surface area (Å²) in [6.45, 7) is 6.19. The Labute approximate surface area is 148 Å². The Morgan fingerprint density at radius 3 is 2.50 bits per heavy atom. The van der Waals surface area contributed by atoms with Crippen molar-refractivity contribution >= 4 is 30.0 Å². The maximum absolute atomic E-state index is 12.1. The van der Waals surface area contributed by atoms with Crippen molar-refractivity contribution in [1.29, 1.82) is 0 Å². The lowest BCUT2D eigenvalue weighted by Crippen LogP contribution is -2.34. The van der Waals surface area contributed by atoms with E-state index >= 15 is 0 Å². The maximum Gasteiger partial charge on any atom is 0.319 e. The molecule has 1 aromatic rings. The van der Waals surface area contributed by atoms with Crippen LogP contribution in [0.25, 0.3) is 0 Å². The number of amides is 3.